The fourth-order valence-corrected chi connectivity index (χ4v) is 5.56. The van der Waals surface area contributed by atoms with Gasteiger partial charge in [-0.15, -0.1) is 0 Å². The number of pyridine rings is 1. The van der Waals surface area contributed by atoms with Crippen LogP contribution in [0.2, 0.25) is 0 Å². The maximum absolute atomic E-state index is 14.6. The van der Waals surface area contributed by atoms with Crippen LogP contribution in [0.3, 0.4) is 0 Å². The van der Waals surface area contributed by atoms with Crippen LogP contribution in [0.4, 0.5) is 4.39 Å². The van der Waals surface area contributed by atoms with Gasteiger partial charge in [-0.2, -0.15) is 0 Å². The zero-order valence-corrected chi connectivity index (χ0v) is 17.2. The van der Waals surface area contributed by atoms with Gasteiger partial charge >= 0.3 is 0 Å². The summed E-state index contributed by atoms with van der Waals surface area (Å²) in [5.41, 5.74) is 3.84. The van der Waals surface area contributed by atoms with Crippen LogP contribution in [0.15, 0.2) is 42.7 Å². The zero-order valence-electron chi connectivity index (χ0n) is 17.2. The summed E-state index contributed by atoms with van der Waals surface area (Å²) >= 11 is 0. The van der Waals surface area contributed by atoms with E-state index in [0.29, 0.717) is 6.54 Å². The molecule has 29 heavy (non-hydrogen) atoms. The quantitative estimate of drug-likeness (QED) is 0.727. The standard InChI is InChI=1S/C24H28FN3O/c1-17-6-7-20-19(13-17)22-21(8-12-27-11-4-9-24(22,27)15-25)28(20)16-23(2,29)18-5-3-10-26-14-18/h3,5-7,10,13-14,29H,4,8-9,11-12,15-16H2,1-2H3. The van der Waals surface area contributed by atoms with E-state index in [2.05, 4.69) is 39.6 Å². The number of benzene rings is 1. The van der Waals surface area contributed by atoms with E-state index < -0.39 is 11.1 Å². The van der Waals surface area contributed by atoms with Crippen LogP contribution in [0, 0.1) is 6.92 Å². The van der Waals surface area contributed by atoms with Crippen molar-refractivity contribution in [1.29, 1.82) is 0 Å². The molecule has 0 bridgehead atoms. The molecule has 2 atom stereocenters. The molecular formula is C24H28FN3O. The van der Waals surface area contributed by atoms with E-state index in [1.54, 1.807) is 12.4 Å². The van der Waals surface area contributed by atoms with Gasteiger partial charge in [-0.05, 0) is 51.4 Å². The van der Waals surface area contributed by atoms with Gasteiger partial charge in [-0.25, -0.2) is 4.39 Å². The van der Waals surface area contributed by atoms with E-state index in [9.17, 15) is 9.50 Å². The molecule has 1 aromatic carbocycles. The molecule has 0 radical (unpaired) electrons. The molecule has 152 valence electrons. The Morgan fingerprint density at radius 2 is 2.14 bits per heavy atom. The summed E-state index contributed by atoms with van der Waals surface area (Å²) in [6.45, 7) is 5.84. The van der Waals surface area contributed by atoms with Crippen molar-refractivity contribution >= 4 is 10.9 Å². The van der Waals surface area contributed by atoms with E-state index in [4.69, 9.17) is 0 Å². The smallest absolute Gasteiger partial charge is 0.112 e. The van der Waals surface area contributed by atoms with Crippen LogP contribution in [0.1, 0.15) is 42.1 Å². The second kappa shape index (κ2) is 6.64. The van der Waals surface area contributed by atoms with Crippen molar-refractivity contribution in [3.05, 3.63) is 65.1 Å². The predicted molar refractivity (Wildman–Crippen MR) is 113 cm³/mol. The maximum Gasteiger partial charge on any atom is 0.112 e. The minimum atomic E-state index is -1.06. The minimum Gasteiger partial charge on any atom is -0.384 e. The van der Waals surface area contributed by atoms with Gasteiger partial charge in [0.15, 0.2) is 0 Å². The van der Waals surface area contributed by atoms with Gasteiger partial charge < -0.3 is 9.67 Å². The topological polar surface area (TPSA) is 41.3 Å². The van der Waals surface area contributed by atoms with Crippen molar-refractivity contribution in [2.75, 3.05) is 19.8 Å². The molecule has 2 unspecified atom stereocenters. The van der Waals surface area contributed by atoms with E-state index in [-0.39, 0.29) is 6.67 Å². The molecule has 0 aliphatic carbocycles. The number of alkyl halides is 1. The largest absolute Gasteiger partial charge is 0.384 e. The molecule has 2 aliphatic heterocycles. The van der Waals surface area contributed by atoms with E-state index in [1.165, 1.54) is 11.3 Å². The van der Waals surface area contributed by atoms with Gasteiger partial charge in [0.05, 0.1) is 12.1 Å². The van der Waals surface area contributed by atoms with Gasteiger partial charge in [0, 0.05) is 53.1 Å². The van der Waals surface area contributed by atoms with E-state index in [1.807, 2.05) is 19.1 Å². The summed E-state index contributed by atoms with van der Waals surface area (Å²) in [6, 6.07) is 10.2. The van der Waals surface area contributed by atoms with Crippen molar-refractivity contribution in [2.24, 2.45) is 0 Å². The van der Waals surface area contributed by atoms with Crippen LogP contribution >= 0.6 is 0 Å². The molecule has 5 heteroatoms. The second-order valence-corrected chi connectivity index (χ2v) is 8.95. The van der Waals surface area contributed by atoms with E-state index in [0.717, 1.165) is 54.4 Å². The lowest BCUT2D eigenvalue weighted by molar-refractivity contribution is 0.0367. The SMILES string of the molecule is Cc1ccc2c(c1)c1c(n2CC(C)(O)c2cccnc2)CCN2CCCC12CF. The molecule has 0 spiro atoms. The van der Waals surface area contributed by atoms with Crippen LogP contribution in [0.25, 0.3) is 10.9 Å². The summed E-state index contributed by atoms with van der Waals surface area (Å²) in [7, 11) is 0. The summed E-state index contributed by atoms with van der Waals surface area (Å²) < 4.78 is 16.9. The van der Waals surface area contributed by atoms with Gasteiger partial charge in [-0.1, -0.05) is 17.7 Å². The molecule has 2 aliphatic rings. The molecule has 5 rings (SSSR count). The molecule has 4 nitrogen and oxygen atoms in total. The van der Waals surface area contributed by atoms with Crippen molar-refractivity contribution < 1.29 is 9.50 Å². The van der Waals surface area contributed by atoms with E-state index >= 15 is 0 Å². The molecular weight excluding hydrogens is 365 g/mol. The van der Waals surface area contributed by atoms with Crippen molar-refractivity contribution in [3.8, 4) is 0 Å². The Morgan fingerprint density at radius 3 is 2.90 bits per heavy atom. The Morgan fingerprint density at radius 1 is 1.28 bits per heavy atom. The van der Waals surface area contributed by atoms with Gasteiger partial charge in [0.25, 0.3) is 0 Å². The Balaban J connectivity index is 1.72. The molecule has 1 fully saturated rings. The number of fused-ring (bicyclic) bond motifs is 5. The Labute approximate surface area is 171 Å². The first kappa shape index (κ1) is 18.8. The van der Waals surface area contributed by atoms with Crippen molar-refractivity contribution in [3.63, 3.8) is 0 Å². The third-order valence-electron chi connectivity index (χ3n) is 7.00. The number of nitrogens with zero attached hydrogens (tertiary/aromatic N) is 3. The first-order chi connectivity index (χ1) is 14.0. The average Bonchev–Trinajstić information content (AvgIpc) is 3.28. The predicted octanol–water partition coefficient (Wildman–Crippen LogP) is 4.07. The number of aryl methyl sites for hydroxylation is 1. The highest BCUT2D eigenvalue weighted by Gasteiger charge is 2.48. The third kappa shape index (κ3) is 2.75. The lowest BCUT2D eigenvalue weighted by Gasteiger charge is -2.41. The number of hydrogen-bond donors (Lipinski definition) is 1. The highest BCUT2D eigenvalue weighted by Crippen LogP contribution is 2.48. The van der Waals surface area contributed by atoms with Crippen molar-refractivity contribution in [1.82, 2.24) is 14.5 Å². The van der Waals surface area contributed by atoms with Crippen LogP contribution < -0.4 is 0 Å². The highest BCUT2D eigenvalue weighted by molar-refractivity contribution is 5.88. The minimum absolute atomic E-state index is 0.355. The fraction of sp³-hybridized carbons (Fsp3) is 0.458. The maximum atomic E-state index is 14.6. The van der Waals surface area contributed by atoms with Crippen LogP contribution in [0.5, 0.6) is 0 Å². The molecule has 2 aromatic heterocycles. The Kier molecular flexibility index (Phi) is 4.30. The summed E-state index contributed by atoms with van der Waals surface area (Å²) in [5.74, 6) is 0. The highest BCUT2D eigenvalue weighted by atomic mass is 19.1. The lowest BCUT2D eigenvalue weighted by Crippen LogP contribution is -2.48. The summed E-state index contributed by atoms with van der Waals surface area (Å²) in [4.78, 5) is 6.53. The number of aliphatic hydroxyl groups is 1. The first-order valence-electron chi connectivity index (χ1n) is 10.5. The number of aromatic nitrogens is 2. The Bertz CT molecular complexity index is 1060. The van der Waals surface area contributed by atoms with Crippen LogP contribution in [-0.2, 0) is 24.1 Å². The fourth-order valence-electron chi connectivity index (χ4n) is 5.56. The monoisotopic (exact) mass is 393 g/mol. The molecule has 0 amide bonds. The molecule has 1 N–H and O–H groups in total. The zero-order chi connectivity index (χ0) is 20.2. The number of hydrogen-bond acceptors (Lipinski definition) is 3. The summed E-state index contributed by atoms with van der Waals surface area (Å²) in [5, 5.41) is 12.5. The van der Waals surface area contributed by atoms with Gasteiger partial charge in [-0.3, -0.25) is 9.88 Å². The number of rotatable bonds is 4. The lowest BCUT2D eigenvalue weighted by atomic mass is 9.82. The second-order valence-electron chi connectivity index (χ2n) is 8.95. The summed E-state index contributed by atoms with van der Waals surface area (Å²) in [6.07, 6.45) is 6.23. The molecule has 1 saturated heterocycles. The van der Waals surface area contributed by atoms with Crippen molar-refractivity contribution in [2.45, 2.75) is 50.8 Å². The molecule has 3 aromatic rings. The normalized spacial score (nSPS) is 23.7. The molecule has 4 heterocycles. The first-order valence-corrected chi connectivity index (χ1v) is 10.5. The van der Waals surface area contributed by atoms with Crippen LogP contribution in [-0.4, -0.2) is 39.3 Å². The van der Waals surface area contributed by atoms with Gasteiger partial charge in [0.2, 0.25) is 0 Å². The number of halogens is 1. The third-order valence-corrected chi connectivity index (χ3v) is 7.00. The Hall–Kier alpha value is -2.24. The van der Waals surface area contributed by atoms with Gasteiger partial charge in [0.1, 0.15) is 12.3 Å². The average molecular weight is 394 g/mol. The molecule has 0 saturated carbocycles.